The maximum absolute atomic E-state index is 11.2. The molecule has 0 amide bonds. The van der Waals surface area contributed by atoms with Gasteiger partial charge < -0.3 is 14.7 Å². The van der Waals surface area contributed by atoms with Gasteiger partial charge in [0.2, 0.25) is 0 Å². The number of carbonyl (C=O) groups excluding carboxylic acids is 1. The van der Waals surface area contributed by atoms with Gasteiger partial charge in [0.1, 0.15) is 5.78 Å². The number of aryl methyl sites for hydroxylation is 2. The molecule has 1 aliphatic rings. The van der Waals surface area contributed by atoms with Crippen LogP contribution in [0.5, 0.6) is 0 Å². The zero-order chi connectivity index (χ0) is 13.4. The largest absolute Gasteiger partial charge is 0.347 e. The second-order valence-corrected chi connectivity index (χ2v) is 5.38. The van der Waals surface area contributed by atoms with E-state index in [0.717, 1.165) is 26.1 Å². The van der Waals surface area contributed by atoms with Gasteiger partial charge in [0, 0.05) is 43.2 Å². The fraction of sp³-hybridized carbons (Fsp3) is 0.438. The number of hydrogen-bond acceptors (Lipinski definition) is 2. The Morgan fingerprint density at radius 1 is 1.32 bits per heavy atom. The van der Waals surface area contributed by atoms with Crippen molar-refractivity contribution in [3.05, 3.63) is 35.0 Å². The Bertz CT molecular complexity index is 640. The molecule has 2 heterocycles. The van der Waals surface area contributed by atoms with E-state index in [1.807, 2.05) is 0 Å². The Morgan fingerprint density at radius 3 is 2.74 bits per heavy atom. The number of Topliss-reactive ketones (excluding diaryl/α,β-unsaturated/α-hetero) is 1. The number of aromatic nitrogens is 1. The molecule has 3 nitrogen and oxygen atoms in total. The lowest BCUT2D eigenvalue weighted by molar-refractivity contribution is -0.116. The van der Waals surface area contributed by atoms with E-state index in [-0.39, 0.29) is 5.78 Å². The standard InChI is InChI=1S/C16H20N2O/c1-3-18-10-12(5-4-11(2)19)15-6-13-8-17-9-14(13)7-16(15)18/h6-7,10,17H,3-5,8-9H2,1-2H3. The van der Waals surface area contributed by atoms with Gasteiger partial charge in [-0.1, -0.05) is 0 Å². The van der Waals surface area contributed by atoms with Crippen molar-refractivity contribution >= 4 is 16.7 Å². The molecule has 3 heteroatoms. The lowest BCUT2D eigenvalue weighted by atomic mass is 10.0. The molecule has 0 saturated carbocycles. The molecule has 19 heavy (non-hydrogen) atoms. The van der Waals surface area contributed by atoms with Gasteiger partial charge in [0.15, 0.2) is 0 Å². The molecule has 0 fully saturated rings. The van der Waals surface area contributed by atoms with Crippen LogP contribution in [0.3, 0.4) is 0 Å². The molecule has 2 aromatic rings. The molecule has 0 bridgehead atoms. The van der Waals surface area contributed by atoms with E-state index < -0.39 is 0 Å². The van der Waals surface area contributed by atoms with E-state index in [2.05, 4.69) is 35.1 Å². The predicted molar refractivity (Wildman–Crippen MR) is 77.2 cm³/mol. The van der Waals surface area contributed by atoms with Crippen molar-refractivity contribution in [2.75, 3.05) is 0 Å². The summed E-state index contributed by atoms with van der Waals surface area (Å²) in [4.78, 5) is 11.2. The van der Waals surface area contributed by atoms with Gasteiger partial charge in [-0.15, -0.1) is 0 Å². The van der Waals surface area contributed by atoms with Crippen LogP contribution in [0.25, 0.3) is 10.9 Å². The molecule has 3 rings (SSSR count). The number of carbonyl (C=O) groups is 1. The number of hydrogen-bond donors (Lipinski definition) is 1. The Balaban J connectivity index is 2.09. The molecule has 0 unspecified atom stereocenters. The first kappa shape index (κ1) is 12.4. The molecule has 0 atom stereocenters. The summed E-state index contributed by atoms with van der Waals surface area (Å²) < 4.78 is 2.30. The molecule has 1 aromatic carbocycles. The fourth-order valence-corrected chi connectivity index (χ4v) is 2.93. The number of ketones is 1. The summed E-state index contributed by atoms with van der Waals surface area (Å²) in [5, 5.41) is 4.72. The van der Waals surface area contributed by atoms with Crippen LogP contribution in [-0.4, -0.2) is 10.4 Å². The van der Waals surface area contributed by atoms with Gasteiger partial charge in [-0.3, -0.25) is 0 Å². The lowest BCUT2D eigenvalue weighted by Gasteiger charge is -2.03. The zero-order valence-electron chi connectivity index (χ0n) is 11.6. The van der Waals surface area contributed by atoms with E-state index in [1.165, 1.54) is 27.6 Å². The van der Waals surface area contributed by atoms with E-state index in [0.29, 0.717) is 6.42 Å². The monoisotopic (exact) mass is 256 g/mol. The minimum atomic E-state index is 0.264. The van der Waals surface area contributed by atoms with Crippen molar-refractivity contribution in [2.24, 2.45) is 0 Å². The van der Waals surface area contributed by atoms with Crippen LogP contribution in [0.15, 0.2) is 18.3 Å². The highest BCUT2D eigenvalue weighted by Gasteiger charge is 2.15. The molecule has 0 radical (unpaired) electrons. The van der Waals surface area contributed by atoms with Crippen LogP contribution < -0.4 is 5.32 Å². The van der Waals surface area contributed by atoms with Crippen LogP contribution in [0.2, 0.25) is 0 Å². The van der Waals surface area contributed by atoms with Crippen LogP contribution >= 0.6 is 0 Å². The highest BCUT2D eigenvalue weighted by atomic mass is 16.1. The maximum Gasteiger partial charge on any atom is 0.130 e. The Kier molecular flexibility index (Phi) is 3.15. The second kappa shape index (κ2) is 4.82. The van der Waals surface area contributed by atoms with Crippen LogP contribution in [0.1, 0.15) is 37.0 Å². The highest BCUT2D eigenvalue weighted by Crippen LogP contribution is 2.28. The van der Waals surface area contributed by atoms with E-state index >= 15 is 0 Å². The van der Waals surface area contributed by atoms with E-state index in [9.17, 15) is 4.79 Å². The molecule has 1 aromatic heterocycles. The molecular weight excluding hydrogens is 236 g/mol. The number of benzene rings is 1. The third kappa shape index (κ3) is 2.19. The minimum absolute atomic E-state index is 0.264. The Morgan fingerprint density at radius 2 is 2.05 bits per heavy atom. The molecular formula is C16H20N2O. The molecule has 1 N–H and O–H groups in total. The SMILES string of the molecule is CCn1cc(CCC(C)=O)c2cc3c(cc21)CNC3. The van der Waals surface area contributed by atoms with Gasteiger partial charge in [-0.2, -0.15) is 0 Å². The van der Waals surface area contributed by atoms with Crippen molar-refractivity contribution < 1.29 is 4.79 Å². The molecule has 100 valence electrons. The molecule has 0 saturated heterocycles. The number of nitrogens with zero attached hydrogens (tertiary/aromatic N) is 1. The quantitative estimate of drug-likeness (QED) is 0.912. The Labute approximate surface area is 113 Å². The van der Waals surface area contributed by atoms with Gasteiger partial charge in [0.25, 0.3) is 0 Å². The average molecular weight is 256 g/mol. The van der Waals surface area contributed by atoms with Crippen molar-refractivity contribution in [3.63, 3.8) is 0 Å². The van der Waals surface area contributed by atoms with Gasteiger partial charge in [-0.05, 0) is 49.1 Å². The maximum atomic E-state index is 11.2. The van der Waals surface area contributed by atoms with Gasteiger partial charge in [0.05, 0.1) is 0 Å². The van der Waals surface area contributed by atoms with Gasteiger partial charge in [-0.25, -0.2) is 0 Å². The Hall–Kier alpha value is -1.61. The average Bonchev–Trinajstić information content (AvgIpc) is 2.97. The first-order chi connectivity index (χ1) is 9.19. The summed E-state index contributed by atoms with van der Waals surface area (Å²) >= 11 is 0. The summed E-state index contributed by atoms with van der Waals surface area (Å²) in [5.74, 6) is 0.264. The summed E-state index contributed by atoms with van der Waals surface area (Å²) in [6, 6.07) is 4.62. The fourth-order valence-electron chi connectivity index (χ4n) is 2.93. The smallest absolute Gasteiger partial charge is 0.130 e. The molecule has 0 spiro atoms. The first-order valence-electron chi connectivity index (χ1n) is 7.02. The number of rotatable bonds is 4. The first-order valence-corrected chi connectivity index (χ1v) is 7.02. The lowest BCUT2D eigenvalue weighted by Crippen LogP contribution is -2.00. The number of fused-ring (bicyclic) bond motifs is 2. The van der Waals surface area contributed by atoms with Gasteiger partial charge >= 0.3 is 0 Å². The van der Waals surface area contributed by atoms with Crippen molar-refractivity contribution in [2.45, 2.75) is 46.3 Å². The van der Waals surface area contributed by atoms with Crippen LogP contribution in [0, 0.1) is 0 Å². The van der Waals surface area contributed by atoms with Crippen molar-refractivity contribution in [1.82, 2.24) is 9.88 Å². The predicted octanol–water partition coefficient (Wildman–Crippen LogP) is 2.79. The topological polar surface area (TPSA) is 34.0 Å². The summed E-state index contributed by atoms with van der Waals surface area (Å²) in [5.41, 5.74) is 5.44. The van der Waals surface area contributed by atoms with Crippen LogP contribution in [-0.2, 0) is 30.8 Å². The number of nitrogens with one attached hydrogen (secondary N) is 1. The summed E-state index contributed by atoms with van der Waals surface area (Å²) in [7, 11) is 0. The van der Waals surface area contributed by atoms with E-state index in [4.69, 9.17) is 0 Å². The highest BCUT2D eigenvalue weighted by molar-refractivity contribution is 5.86. The third-order valence-electron chi connectivity index (χ3n) is 4.00. The van der Waals surface area contributed by atoms with Crippen molar-refractivity contribution in [1.29, 1.82) is 0 Å². The normalized spacial score (nSPS) is 14.0. The summed E-state index contributed by atoms with van der Waals surface area (Å²) in [6.45, 7) is 6.75. The molecule has 0 aliphatic carbocycles. The molecule has 1 aliphatic heterocycles. The van der Waals surface area contributed by atoms with Crippen LogP contribution in [0.4, 0.5) is 0 Å². The third-order valence-corrected chi connectivity index (χ3v) is 4.00. The van der Waals surface area contributed by atoms with Crippen molar-refractivity contribution in [3.8, 4) is 0 Å². The zero-order valence-corrected chi connectivity index (χ0v) is 11.6. The minimum Gasteiger partial charge on any atom is -0.347 e. The second-order valence-electron chi connectivity index (χ2n) is 5.38. The summed E-state index contributed by atoms with van der Waals surface area (Å²) in [6.07, 6.45) is 3.71. The van der Waals surface area contributed by atoms with E-state index in [1.54, 1.807) is 6.92 Å².